The molecule has 128 valence electrons. The summed E-state index contributed by atoms with van der Waals surface area (Å²) in [4.78, 5) is 12.2. The lowest BCUT2D eigenvalue weighted by Gasteiger charge is -2.07. The lowest BCUT2D eigenvalue weighted by Crippen LogP contribution is -2.07. The summed E-state index contributed by atoms with van der Waals surface area (Å²) in [6.07, 6.45) is 0. The summed E-state index contributed by atoms with van der Waals surface area (Å²) in [5.74, 6) is 0.892. The maximum Gasteiger partial charge on any atom is 0.338 e. The summed E-state index contributed by atoms with van der Waals surface area (Å²) in [5.41, 5.74) is 4.12. The minimum Gasteiger partial charge on any atom is -0.497 e. The van der Waals surface area contributed by atoms with Crippen LogP contribution in [0.2, 0.25) is 0 Å². The molecule has 0 bridgehead atoms. The second-order valence-electron chi connectivity index (χ2n) is 5.73. The van der Waals surface area contributed by atoms with E-state index in [2.05, 4.69) is 5.16 Å². The van der Waals surface area contributed by atoms with Crippen molar-refractivity contribution in [3.05, 3.63) is 71.0 Å². The molecule has 0 N–H and O–H groups in total. The van der Waals surface area contributed by atoms with Crippen molar-refractivity contribution in [2.75, 3.05) is 7.11 Å². The minimum absolute atomic E-state index is 0.0371. The van der Waals surface area contributed by atoms with E-state index in [0.717, 1.165) is 22.4 Å². The van der Waals surface area contributed by atoms with Gasteiger partial charge in [-0.2, -0.15) is 0 Å². The number of rotatable bonds is 5. The molecule has 0 fully saturated rings. The zero-order valence-electron chi connectivity index (χ0n) is 14.4. The van der Waals surface area contributed by atoms with Gasteiger partial charge in [0.1, 0.15) is 11.4 Å². The molecule has 0 aliphatic heterocycles. The van der Waals surface area contributed by atoms with Gasteiger partial charge < -0.3 is 14.0 Å². The first-order chi connectivity index (χ1) is 12.1. The first-order valence-electron chi connectivity index (χ1n) is 7.92. The monoisotopic (exact) mass is 337 g/mol. The third kappa shape index (κ3) is 3.71. The highest BCUT2D eigenvalue weighted by atomic mass is 16.5. The second kappa shape index (κ2) is 7.21. The molecule has 0 saturated carbocycles. The maximum absolute atomic E-state index is 12.2. The fourth-order valence-electron chi connectivity index (χ4n) is 2.47. The fraction of sp³-hybridized carbons (Fsp3) is 0.200. The van der Waals surface area contributed by atoms with Crippen LogP contribution in [-0.4, -0.2) is 18.2 Å². The van der Waals surface area contributed by atoms with Gasteiger partial charge in [-0.05, 0) is 55.3 Å². The summed E-state index contributed by atoms with van der Waals surface area (Å²) in [7, 11) is 1.62. The number of hydrogen-bond acceptors (Lipinski definition) is 5. The number of benzene rings is 2. The molecule has 5 heteroatoms. The van der Waals surface area contributed by atoms with E-state index in [4.69, 9.17) is 14.0 Å². The maximum atomic E-state index is 12.2. The van der Waals surface area contributed by atoms with Crippen molar-refractivity contribution in [1.82, 2.24) is 5.16 Å². The molecule has 2 aromatic carbocycles. The Labute approximate surface area is 146 Å². The van der Waals surface area contributed by atoms with Crippen LogP contribution in [-0.2, 0) is 11.3 Å². The molecule has 25 heavy (non-hydrogen) atoms. The topological polar surface area (TPSA) is 61.6 Å². The number of hydrogen-bond donors (Lipinski definition) is 0. The van der Waals surface area contributed by atoms with E-state index in [1.165, 1.54) is 0 Å². The molecule has 0 saturated heterocycles. The third-order valence-electron chi connectivity index (χ3n) is 4.11. The van der Waals surface area contributed by atoms with Crippen LogP contribution >= 0.6 is 0 Å². The minimum atomic E-state index is -0.372. The summed E-state index contributed by atoms with van der Waals surface area (Å²) in [6, 6.07) is 14.8. The molecule has 1 heterocycles. The van der Waals surface area contributed by atoms with Gasteiger partial charge in [0.15, 0.2) is 12.4 Å². The largest absolute Gasteiger partial charge is 0.497 e. The number of carbonyl (C=O) groups excluding carboxylic acids is 1. The normalized spacial score (nSPS) is 10.5. The lowest BCUT2D eigenvalue weighted by atomic mass is 10.0. The molecule has 3 rings (SSSR count). The Hall–Kier alpha value is -3.08. The molecule has 0 unspecified atom stereocenters. The van der Waals surface area contributed by atoms with Gasteiger partial charge >= 0.3 is 5.97 Å². The van der Waals surface area contributed by atoms with E-state index in [1.807, 2.05) is 50.2 Å². The van der Waals surface area contributed by atoms with Crippen LogP contribution < -0.4 is 4.74 Å². The Kier molecular flexibility index (Phi) is 4.84. The van der Waals surface area contributed by atoms with Gasteiger partial charge in [-0.15, -0.1) is 0 Å². The zero-order chi connectivity index (χ0) is 17.8. The molecule has 0 aliphatic carbocycles. The van der Waals surface area contributed by atoms with Crippen LogP contribution in [0, 0.1) is 13.8 Å². The molecule has 5 nitrogen and oxygen atoms in total. The van der Waals surface area contributed by atoms with Gasteiger partial charge in [-0.1, -0.05) is 17.3 Å². The molecule has 0 spiro atoms. The number of ether oxygens (including phenoxy) is 2. The first-order valence-corrected chi connectivity index (χ1v) is 7.92. The van der Waals surface area contributed by atoms with E-state index in [-0.39, 0.29) is 12.6 Å². The average Bonchev–Trinajstić information content (AvgIpc) is 3.11. The second-order valence-corrected chi connectivity index (χ2v) is 5.73. The Morgan fingerprint density at radius 3 is 2.60 bits per heavy atom. The number of esters is 1. The van der Waals surface area contributed by atoms with Crippen molar-refractivity contribution < 1.29 is 18.8 Å². The van der Waals surface area contributed by atoms with E-state index in [1.54, 1.807) is 19.2 Å². The highest BCUT2D eigenvalue weighted by Crippen LogP contribution is 2.22. The summed E-state index contributed by atoms with van der Waals surface area (Å²) < 4.78 is 15.7. The van der Waals surface area contributed by atoms with Crippen molar-refractivity contribution in [3.63, 3.8) is 0 Å². The molecule has 0 atom stereocenters. The van der Waals surface area contributed by atoms with Gasteiger partial charge in [-0.25, -0.2) is 4.79 Å². The van der Waals surface area contributed by atoms with Crippen molar-refractivity contribution in [2.24, 2.45) is 0 Å². The number of aryl methyl sites for hydroxylation is 1. The van der Waals surface area contributed by atoms with E-state index in [9.17, 15) is 4.79 Å². The van der Waals surface area contributed by atoms with Crippen LogP contribution in [0.5, 0.6) is 5.75 Å². The summed E-state index contributed by atoms with van der Waals surface area (Å²) >= 11 is 0. The first kappa shape index (κ1) is 16.8. The summed E-state index contributed by atoms with van der Waals surface area (Å²) in [6.45, 7) is 3.90. The predicted octanol–water partition coefficient (Wildman–Crippen LogP) is 4.32. The van der Waals surface area contributed by atoms with Crippen LogP contribution in [0.4, 0.5) is 0 Å². The molecule has 3 aromatic rings. The van der Waals surface area contributed by atoms with Gasteiger partial charge in [0, 0.05) is 11.6 Å². The van der Waals surface area contributed by atoms with E-state index in [0.29, 0.717) is 17.0 Å². The van der Waals surface area contributed by atoms with Crippen LogP contribution in [0.3, 0.4) is 0 Å². The smallest absolute Gasteiger partial charge is 0.338 e. The molecular formula is C20H19NO4. The highest BCUT2D eigenvalue weighted by molar-refractivity contribution is 5.91. The Morgan fingerprint density at radius 2 is 1.88 bits per heavy atom. The van der Waals surface area contributed by atoms with Gasteiger partial charge in [-0.3, -0.25) is 0 Å². The summed E-state index contributed by atoms with van der Waals surface area (Å²) in [5, 5.41) is 4.02. The van der Waals surface area contributed by atoms with Crippen LogP contribution in [0.25, 0.3) is 11.3 Å². The van der Waals surface area contributed by atoms with Gasteiger partial charge in [0.05, 0.1) is 12.7 Å². The molecule has 0 amide bonds. The molecule has 0 radical (unpaired) electrons. The number of nitrogens with zero attached hydrogens (tertiary/aromatic N) is 1. The third-order valence-corrected chi connectivity index (χ3v) is 4.11. The van der Waals surface area contributed by atoms with Crippen molar-refractivity contribution in [1.29, 1.82) is 0 Å². The molecule has 1 aromatic heterocycles. The van der Waals surface area contributed by atoms with Crippen molar-refractivity contribution in [2.45, 2.75) is 20.5 Å². The Balaban J connectivity index is 1.67. The standard InChI is InChI=1S/C20H19NO4/c1-13-5-4-6-18(14(13)2)20(22)24-12-17-11-19(21-25-17)15-7-9-16(23-3)10-8-15/h4-11H,12H2,1-3H3. The van der Waals surface area contributed by atoms with E-state index >= 15 is 0 Å². The lowest BCUT2D eigenvalue weighted by molar-refractivity contribution is 0.0436. The van der Waals surface area contributed by atoms with Gasteiger partial charge in [0.25, 0.3) is 0 Å². The number of methoxy groups -OCH3 is 1. The highest BCUT2D eigenvalue weighted by Gasteiger charge is 2.14. The quantitative estimate of drug-likeness (QED) is 0.649. The zero-order valence-corrected chi connectivity index (χ0v) is 14.4. The fourth-order valence-corrected chi connectivity index (χ4v) is 2.47. The Morgan fingerprint density at radius 1 is 1.12 bits per heavy atom. The van der Waals surface area contributed by atoms with Crippen LogP contribution in [0.1, 0.15) is 27.2 Å². The van der Waals surface area contributed by atoms with E-state index < -0.39 is 0 Å². The number of carbonyl (C=O) groups is 1. The molecule has 0 aliphatic rings. The van der Waals surface area contributed by atoms with Crippen molar-refractivity contribution >= 4 is 5.97 Å². The van der Waals surface area contributed by atoms with Crippen LogP contribution in [0.15, 0.2) is 53.1 Å². The SMILES string of the molecule is COc1ccc(-c2cc(COC(=O)c3cccc(C)c3C)on2)cc1. The Bertz CT molecular complexity index is 881. The molecular weight excluding hydrogens is 318 g/mol. The van der Waals surface area contributed by atoms with Gasteiger partial charge in [0.2, 0.25) is 0 Å². The average molecular weight is 337 g/mol. The van der Waals surface area contributed by atoms with Crippen molar-refractivity contribution in [3.8, 4) is 17.0 Å². The number of aromatic nitrogens is 1. The predicted molar refractivity (Wildman–Crippen MR) is 93.5 cm³/mol.